The summed E-state index contributed by atoms with van der Waals surface area (Å²) >= 11 is 0. The van der Waals surface area contributed by atoms with E-state index in [1.54, 1.807) is 0 Å². The summed E-state index contributed by atoms with van der Waals surface area (Å²) in [4.78, 5) is 14.1. The topological polar surface area (TPSA) is 63.8 Å². The maximum absolute atomic E-state index is 10.9. The lowest BCUT2D eigenvalue weighted by Gasteiger charge is -2.01. The normalized spacial score (nSPS) is 11.2. The largest absolute Gasteiger partial charge is 0.368 e. The summed E-state index contributed by atoms with van der Waals surface area (Å²) in [5, 5.41) is 2.24. The van der Waals surface area contributed by atoms with E-state index in [0.717, 1.165) is 21.8 Å². The number of nitrogens with zero attached hydrogens (tertiary/aromatic N) is 1. The molecule has 0 aliphatic carbocycles. The molecule has 0 radical (unpaired) electrons. The molecule has 0 saturated carbocycles. The highest BCUT2D eigenvalue weighted by atomic mass is 16.1. The number of fused-ring (bicyclic) bond motifs is 2. The molecule has 0 saturated heterocycles. The first-order valence-electron chi connectivity index (χ1n) is 5.08. The number of rotatable bonds is 2. The van der Waals surface area contributed by atoms with Crippen LogP contribution in [0.4, 0.5) is 0 Å². The van der Waals surface area contributed by atoms with Crippen molar-refractivity contribution in [3.05, 3.63) is 36.7 Å². The molecule has 1 aromatic carbocycles. The predicted octanol–water partition coefficient (Wildman–Crippen LogP) is 1.61. The van der Waals surface area contributed by atoms with Crippen molar-refractivity contribution < 1.29 is 4.79 Å². The Morgan fingerprint density at radius 2 is 2.19 bits per heavy atom. The highest BCUT2D eigenvalue weighted by Crippen LogP contribution is 2.22. The molecule has 16 heavy (non-hydrogen) atoms. The Bertz CT molecular complexity index is 678. The number of benzene rings is 1. The summed E-state index contributed by atoms with van der Waals surface area (Å²) in [5.41, 5.74) is 7.34. The highest BCUT2D eigenvalue weighted by Gasteiger charge is 2.05. The molecule has 0 aliphatic rings. The van der Waals surface area contributed by atoms with E-state index in [1.807, 2.05) is 29.1 Å². The third-order valence-corrected chi connectivity index (χ3v) is 2.77. The van der Waals surface area contributed by atoms with Crippen LogP contribution in [0.3, 0.4) is 0 Å². The third kappa shape index (κ3) is 1.27. The molecule has 0 spiro atoms. The second kappa shape index (κ2) is 3.13. The number of carbonyl (C=O) groups excluding carboxylic acids is 1. The smallest absolute Gasteiger partial charge is 0.237 e. The maximum atomic E-state index is 10.9. The van der Waals surface area contributed by atoms with Crippen LogP contribution in [0.15, 0.2) is 36.7 Å². The Labute approximate surface area is 91.7 Å². The van der Waals surface area contributed by atoms with Crippen LogP contribution in [0.1, 0.15) is 0 Å². The van der Waals surface area contributed by atoms with Gasteiger partial charge in [-0.15, -0.1) is 0 Å². The lowest BCUT2D eigenvalue weighted by Crippen LogP contribution is -2.17. The summed E-state index contributed by atoms with van der Waals surface area (Å²) in [5.74, 6) is -0.327. The molecule has 3 aromatic rings. The minimum atomic E-state index is -0.327. The van der Waals surface area contributed by atoms with Crippen molar-refractivity contribution in [3.63, 3.8) is 0 Å². The van der Waals surface area contributed by atoms with Crippen LogP contribution in [-0.4, -0.2) is 15.5 Å². The van der Waals surface area contributed by atoms with Gasteiger partial charge in [-0.1, -0.05) is 0 Å². The second-order valence-electron chi connectivity index (χ2n) is 3.89. The fraction of sp³-hybridized carbons (Fsp3) is 0.0833. The van der Waals surface area contributed by atoms with Gasteiger partial charge in [0.25, 0.3) is 0 Å². The van der Waals surface area contributed by atoms with Gasteiger partial charge in [0.15, 0.2) is 0 Å². The summed E-state index contributed by atoms with van der Waals surface area (Å²) in [6, 6.07) is 8.13. The first-order valence-corrected chi connectivity index (χ1v) is 5.08. The summed E-state index contributed by atoms with van der Waals surface area (Å²) in [6.45, 7) is 0.222. The molecule has 2 heterocycles. The average Bonchev–Trinajstić information content (AvgIpc) is 2.81. The molecule has 2 aromatic heterocycles. The molecule has 0 fully saturated rings. The molecule has 1 amide bonds. The van der Waals surface area contributed by atoms with Crippen LogP contribution in [0.5, 0.6) is 0 Å². The standard InChI is InChI=1S/C12H11N3O/c13-12(16)7-15-4-2-9-5-10-8(1-3-14-10)6-11(9)15/h1-6,14H,7H2,(H2,13,16). The zero-order valence-electron chi connectivity index (χ0n) is 8.60. The van der Waals surface area contributed by atoms with Gasteiger partial charge in [0.1, 0.15) is 6.54 Å². The Morgan fingerprint density at radius 3 is 3.00 bits per heavy atom. The highest BCUT2D eigenvalue weighted by molar-refractivity contribution is 5.96. The quantitative estimate of drug-likeness (QED) is 0.667. The second-order valence-corrected chi connectivity index (χ2v) is 3.89. The first-order chi connectivity index (χ1) is 7.74. The van der Waals surface area contributed by atoms with Crippen molar-refractivity contribution in [2.75, 3.05) is 0 Å². The Kier molecular flexibility index (Phi) is 1.77. The van der Waals surface area contributed by atoms with Gasteiger partial charge in [-0.25, -0.2) is 0 Å². The molecule has 0 bridgehead atoms. The number of hydrogen-bond acceptors (Lipinski definition) is 1. The van der Waals surface area contributed by atoms with Gasteiger partial charge in [-0.05, 0) is 24.3 Å². The van der Waals surface area contributed by atoms with Crippen molar-refractivity contribution in [1.29, 1.82) is 0 Å². The summed E-state index contributed by atoms with van der Waals surface area (Å²) in [6.07, 6.45) is 3.79. The van der Waals surface area contributed by atoms with E-state index in [2.05, 4.69) is 17.1 Å². The van der Waals surface area contributed by atoms with Gasteiger partial charge in [0, 0.05) is 34.2 Å². The zero-order valence-corrected chi connectivity index (χ0v) is 8.60. The number of nitrogens with one attached hydrogen (secondary N) is 1. The number of H-pyrrole nitrogens is 1. The van der Waals surface area contributed by atoms with Crippen LogP contribution in [-0.2, 0) is 11.3 Å². The molecule has 4 heteroatoms. The molecular weight excluding hydrogens is 202 g/mol. The molecule has 0 aliphatic heterocycles. The Hall–Kier alpha value is -2.23. The van der Waals surface area contributed by atoms with Crippen molar-refractivity contribution >= 4 is 27.7 Å². The van der Waals surface area contributed by atoms with Gasteiger partial charge in [0.2, 0.25) is 5.91 Å². The van der Waals surface area contributed by atoms with E-state index in [4.69, 9.17) is 5.73 Å². The van der Waals surface area contributed by atoms with Crippen LogP contribution >= 0.6 is 0 Å². The van der Waals surface area contributed by atoms with Crippen LogP contribution in [0.25, 0.3) is 21.8 Å². The number of amides is 1. The summed E-state index contributed by atoms with van der Waals surface area (Å²) in [7, 11) is 0. The van der Waals surface area contributed by atoms with E-state index in [-0.39, 0.29) is 12.5 Å². The molecule has 4 nitrogen and oxygen atoms in total. The Balaban J connectivity index is 2.27. The first kappa shape index (κ1) is 9.03. The molecule has 0 atom stereocenters. The number of nitrogens with two attached hydrogens (primary N) is 1. The van der Waals surface area contributed by atoms with Crippen LogP contribution in [0.2, 0.25) is 0 Å². The number of hydrogen-bond donors (Lipinski definition) is 2. The van der Waals surface area contributed by atoms with Crippen molar-refractivity contribution in [2.45, 2.75) is 6.54 Å². The van der Waals surface area contributed by atoms with Crippen molar-refractivity contribution in [3.8, 4) is 0 Å². The van der Waals surface area contributed by atoms with Gasteiger partial charge in [-0.2, -0.15) is 0 Å². The minimum Gasteiger partial charge on any atom is -0.368 e. The van der Waals surface area contributed by atoms with Gasteiger partial charge in [-0.3, -0.25) is 4.79 Å². The summed E-state index contributed by atoms with van der Waals surface area (Å²) < 4.78 is 1.87. The molecule has 80 valence electrons. The van der Waals surface area contributed by atoms with E-state index in [1.165, 1.54) is 0 Å². The predicted molar refractivity (Wildman–Crippen MR) is 63.0 cm³/mol. The molecule has 3 rings (SSSR count). The van der Waals surface area contributed by atoms with E-state index >= 15 is 0 Å². The lowest BCUT2D eigenvalue weighted by molar-refractivity contribution is -0.118. The third-order valence-electron chi connectivity index (χ3n) is 2.77. The van der Waals surface area contributed by atoms with Gasteiger partial charge >= 0.3 is 0 Å². The molecular formula is C12H11N3O. The number of aromatic nitrogens is 2. The van der Waals surface area contributed by atoms with Gasteiger partial charge in [0.05, 0.1) is 0 Å². The molecule has 0 unspecified atom stereocenters. The molecule has 3 N–H and O–H groups in total. The van der Waals surface area contributed by atoms with Crippen LogP contribution in [0, 0.1) is 0 Å². The number of aromatic amines is 1. The zero-order chi connectivity index (χ0) is 11.1. The van der Waals surface area contributed by atoms with Crippen LogP contribution < -0.4 is 5.73 Å². The van der Waals surface area contributed by atoms with Gasteiger partial charge < -0.3 is 15.3 Å². The monoisotopic (exact) mass is 213 g/mol. The van der Waals surface area contributed by atoms with E-state index in [0.29, 0.717) is 0 Å². The maximum Gasteiger partial charge on any atom is 0.237 e. The Morgan fingerprint density at radius 1 is 1.31 bits per heavy atom. The van der Waals surface area contributed by atoms with Crippen molar-refractivity contribution in [1.82, 2.24) is 9.55 Å². The number of primary amides is 1. The lowest BCUT2D eigenvalue weighted by atomic mass is 10.2. The average molecular weight is 213 g/mol. The SMILES string of the molecule is NC(=O)Cn1ccc2cc3[nH]ccc3cc21. The van der Waals surface area contributed by atoms with Crippen molar-refractivity contribution in [2.24, 2.45) is 5.73 Å². The fourth-order valence-corrected chi connectivity index (χ4v) is 2.04. The van der Waals surface area contributed by atoms with E-state index < -0.39 is 0 Å². The minimum absolute atomic E-state index is 0.222. The number of carbonyl (C=O) groups is 1. The van der Waals surface area contributed by atoms with E-state index in [9.17, 15) is 4.79 Å². The fourth-order valence-electron chi connectivity index (χ4n) is 2.04.